The Kier molecular flexibility index (Phi) is 3.67. The van der Waals surface area contributed by atoms with Gasteiger partial charge in [0.05, 0.1) is 9.50 Å². The second kappa shape index (κ2) is 5.29. The first-order valence-electron chi connectivity index (χ1n) is 6.48. The van der Waals surface area contributed by atoms with Gasteiger partial charge in [-0.1, -0.05) is 11.6 Å². The van der Waals surface area contributed by atoms with E-state index in [9.17, 15) is 4.79 Å². The summed E-state index contributed by atoms with van der Waals surface area (Å²) in [7, 11) is 0. The summed E-state index contributed by atoms with van der Waals surface area (Å²) in [5.74, 6) is 1.46. The molecular formula is C13H15BrClN3O. The molecule has 4 nitrogen and oxygen atoms in total. The van der Waals surface area contributed by atoms with E-state index in [-0.39, 0.29) is 0 Å². The number of halogens is 2. The maximum atomic E-state index is 11.8. The summed E-state index contributed by atoms with van der Waals surface area (Å²) in [6, 6.07) is 2.34. The third-order valence-corrected chi connectivity index (χ3v) is 4.40. The van der Waals surface area contributed by atoms with E-state index >= 15 is 0 Å². The van der Waals surface area contributed by atoms with Crippen molar-refractivity contribution in [2.45, 2.75) is 25.3 Å². The molecule has 1 atom stereocenters. The number of amides is 1. The maximum Gasteiger partial charge on any atom is 0.223 e. The van der Waals surface area contributed by atoms with E-state index in [1.54, 1.807) is 6.20 Å². The Morgan fingerprint density at radius 3 is 3.00 bits per heavy atom. The normalized spacial score (nSPS) is 22.9. The zero-order chi connectivity index (χ0) is 13.4. The minimum Gasteiger partial charge on any atom is -0.369 e. The Hall–Kier alpha value is -0.810. The quantitative estimate of drug-likeness (QED) is 0.913. The molecule has 2 aliphatic rings. The highest BCUT2D eigenvalue weighted by Crippen LogP contribution is 2.33. The number of nitrogens with one attached hydrogen (secondary N) is 1. The van der Waals surface area contributed by atoms with Gasteiger partial charge in [0.1, 0.15) is 5.82 Å². The topological polar surface area (TPSA) is 45.2 Å². The minimum atomic E-state index is 0.303. The molecular weight excluding hydrogens is 330 g/mol. The fourth-order valence-corrected chi connectivity index (χ4v) is 3.25. The van der Waals surface area contributed by atoms with E-state index < -0.39 is 0 Å². The first-order chi connectivity index (χ1) is 9.13. The Morgan fingerprint density at radius 2 is 2.32 bits per heavy atom. The number of carbonyl (C=O) groups excluding carboxylic acids is 1. The van der Waals surface area contributed by atoms with Gasteiger partial charge < -0.3 is 10.2 Å². The van der Waals surface area contributed by atoms with Crippen LogP contribution in [0.2, 0.25) is 5.02 Å². The molecule has 0 spiro atoms. The van der Waals surface area contributed by atoms with Crippen LogP contribution in [-0.2, 0) is 4.79 Å². The lowest BCUT2D eigenvalue weighted by atomic mass is 10.1. The van der Waals surface area contributed by atoms with E-state index in [0.29, 0.717) is 29.3 Å². The highest BCUT2D eigenvalue weighted by Gasteiger charge is 2.39. The second-order valence-corrected chi connectivity index (χ2v) is 6.50. The molecule has 19 heavy (non-hydrogen) atoms. The molecule has 0 aromatic carbocycles. The second-order valence-electron chi connectivity index (χ2n) is 5.21. The lowest BCUT2D eigenvalue weighted by Crippen LogP contribution is -2.28. The summed E-state index contributed by atoms with van der Waals surface area (Å²) in [6.07, 6.45) is 4.62. The molecule has 0 radical (unpaired) electrons. The molecule has 1 aliphatic carbocycles. The maximum absolute atomic E-state index is 11.8. The zero-order valence-electron chi connectivity index (χ0n) is 10.4. The van der Waals surface area contributed by atoms with Crippen LogP contribution in [0.3, 0.4) is 0 Å². The van der Waals surface area contributed by atoms with Crippen LogP contribution in [0.5, 0.6) is 0 Å². The van der Waals surface area contributed by atoms with Gasteiger partial charge in [-0.05, 0) is 34.8 Å². The number of hydrogen-bond acceptors (Lipinski definition) is 3. The molecule has 1 N–H and O–H groups in total. The number of rotatable bonds is 4. The number of carbonyl (C=O) groups is 1. The van der Waals surface area contributed by atoms with Gasteiger partial charge in [-0.15, -0.1) is 0 Å². The van der Waals surface area contributed by atoms with Gasteiger partial charge in [0.2, 0.25) is 5.91 Å². The standard InChI is InChI=1S/C13H15BrClN3O/c14-11-4-9(15)6-17-13(11)16-5-8-3-12(19)18(7-8)10-1-2-10/h4,6,8,10H,1-3,5,7H2,(H,16,17)/t8-/m0/s1. The average molecular weight is 345 g/mol. The monoisotopic (exact) mass is 343 g/mol. The van der Waals surface area contributed by atoms with Crippen molar-refractivity contribution in [3.63, 3.8) is 0 Å². The minimum absolute atomic E-state index is 0.303. The Bertz CT molecular complexity index is 507. The first-order valence-corrected chi connectivity index (χ1v) is 7.65. The molecule has 3 rings (SSSR count). The summed E-state index contributed by atoms with van der Waals surface area (Å²) in [4.78, 5) is 18.1. The zero-order valence-corrected chi connectivity index (χ0v) is 12.7. The van der Waals surface area contributed by atoms with E-state index in [1.807, 2.05) is 11.0 Å². The van der Waals surface area contributed by atoms with Gasteiger partial charge in [-0.3, -0.25) is 4.79 Å². The van der Waals surface area contributed by atoms with Crippen molar-refractivity contribution >= 4 is 39.3 Å². The van der Waals surface area contributed by atoms with Gasteiger partial charge in [-0.2, -0.15) is 0 Å². The number of nitrogens with zero attached hydrogens (tertiary/aromatic N) is 2. The Balaban J connectivity index is 1.56. The molecule has 0 bridgehead atoms. The van der Waals surface area contributed by atoms with Crippen LogP contribution in [0.1, 0.15) is 19.3 Å². The smallest absolute Gasteiger partial charge is 0.223 e. The van der Waals surface area contributed by atoms with Crippen LogP contribution in [0.4, 0.5) is 5.82 Å². The molecule has 1 aromatic rings. The van der Waals surface area contributed by atoms with Crippen molar-refractivity contribution in [1.29, 1.82) is 0 Å². The van der Waals surface area contributed by atoms with Crippen molar-refractivity contribution in [2.24, 2.45) is 5.92 Å². The van der Waals surface area contributed by atoms with Gasteiger partial charge in [0.15, 0.2) is 0 Å². The fourth-order valence-electron chi connectivity index (χ4n) is 2.47. The number of anilines is 1. The van der Waals surface area contributed by atoms with Crippen LogP contribution in [0, 0.1) is 5.92 Å². The fraction of sp³-hybridized carbons (Fsp3) is 0.538. The van der Waals surface area contributed by atoms with Crippen molar-refractivity contribution in [1.82, 2.24) is 9.88 Å². The third kappa shape index (κ3) is 3.03. The van der Waals surface area contributed by atoms with E-state index in [0.717, 1.165) is 23.4 Å². The number of pyridine rings is 1. The summed E-state index contributed by atoms with van der Waals surface area (Å²) in [5.41, 5.74) is 0. The lowest BCUT2D eigenvalue weighted by molar-refractivity contribution is -0.128. The molecule has 1 saturated carbocycles. The lowest BCUT2D eigenvalue weighted by Gasteiger charge is -2.16. The van der Waals surface area contributed by atoms with Crippen LogP contribution >= 0.6 is 27.5 Å². The SMILES string of the molecule is O=C1C[C@@H](CNc2ncc(Cl)cc2Br)CN1C1CC1. The third-order valence-electron chi connectivity index (χ3n) is 3.59. The predicted molar refractivity (Wildman–Crippen MR) is 78.3 cm³/mol. The molecule has 1 aromatic heterocycles. The number of likely N-dealkylation sites (tertiary alicyclic amines) is 1. The largest absolute Gasteiger partial charge is 0.369 e. The molecule has 102 valence electrons. The summed E-state index contributed by atoms with van der Waals surface area (Å²) < 4.78 is 0.850. The van der Waals surface area contributed by atoms with Crippen molar-refractivity contribution in [3.05, 3.63) is 21.8 Å². The van der Waals surface area contributed by atoms with Gasteiger partial charge in [0, 0.05) is 37.7 Å². The molecule has 6 heteroatoms. The van der Waals surface area contributed by atoms with Crippen molar-refractivity contribution in [2.75, 3.05) is 18.4 Å². The molecule has 0 unspecified atom stereocenters. The summed E-state index contributed by atoms with van der Waals surface area (Å²) >= 11 is 9.28. The van der Waals surface area contributed by atoms with Crippen LogP contribution < -0.4 is 5.32 Å². The van der Waals surface area contributed by atoms with Crippen LogP contribution in [0.15, 0.2) is 16.7 Å². The van der Waals surface area contributed by atoms with E-state index in [4.69, 9.17) is 11.6 Å². The van der Waals surface area contributed by atoms with E-state index in [1.165, 1.54) is 12.8 Å². The van der Waals surface area contributed by atoms with Crippen molar-refractivity contribution < 1.29 is 4.79 Å². The van der Waals surface area contributed by atoms with Gasteiger partial charge >= 0.3 is 0 Å². The highest BCUT2D eigenvalue weighted by molar-refractivity contribution is 9.10. The molecule has 1 amide bonds. The van der Waals surface area contributed by atoms with Crippen LogP contribution in [-0.4, -0.2) is 34.9 Å². The molecule has 2 heterocycles. The molecule has 2 fully saturated rings. The number of hydrogen-bond donors (Lipinski definition) is 1. The average Bonchev–Trinajstić information content (AvgIpc) is 3.13. The molecule has 1 aliphatic heterocycles. The first kappa shape index (κ1) is 13.2. The van der Waals surface area contributed by atoms with Crippen LogP contribution in [0.25, 0.3) is 0 Å². The Morgan fingerprint density at radius 1 is 1.53 bits per heavy atom. The van der Waals surface area contributed by atoms with Gasteiger partial charge in [-0.25, -0.2) is 4.98 Å². The van der Waals surface area contributed by atoms with Gasteiger partial charge in [0.25, 0.3) is 0 Å². The number of aromatic nitrogens is 1. The molecule has 1 saturated heterocycles. The van der Waals surface area contributed by atoms with E-state index in [2.05, 4.69) is 26.2 Å². The highest BCUT2D eigenvalue weighted by atomic mass is 79.9. The predicted octanol–water partition coefficient (Wildman–Crippen LogP) is 2.92. The van der Waals surface area contributed by atoms with Crippen molar-refractivity contribution in [3.8, 4) is 0 Å². The summed E-state index contributed by atoms with van der Waals surface area (Å²) in [5, 5.41) is 3.89. The summed E-state index contributed by atoms with van der Waals surface area (Å²) in [6.45, 7) is 1.64. The Labute approximate surface area is 125 Å².